The predicted molar refractivity (Wildman–Crippen MR) is 109 cm³/mol. The fourth-order valence-corrected chi connectivity index (χ4v) is 3.79. The summed E-state index contributed by atoms with van der Waals surface area (Å²) in [5.74, 6) is 0.0239. The van der Waals surface area contributed by atoms with Crippen molar-refractivity contribution in [3.8, 4) is 11.5 Å². The van der Waals surface area contributed by atoms with E-state index in [1.807, 2.05) is 0 Å². The Labute approximate surface area is 172 Å². The van der Waals surface area contributed by atoms with Crippen LogP contribution >= 0.6 is 11.8 Å². The summed E-state index contributed by atoms with van der Waals surface area (Å²) in [5.41, 5.74) is 1.86. The number of hydrogen-bond donors (Lipinski definition) is 1. The van der Waals surface area contributed by atoms with Crippen molar-refractivity contribution in [1.82, 2.24) is 19.5 Å². The van der Waals surface area contributed by atoms with Crippen molar-refractivity contribution >= 4 is 33.4 Å². The molecule has 3 rings (SSSR count). The van der Waals surface area contributed by atoms with Gasteiger partial charge >= 0.3 is 0 Å². The maximum atomic E-state index is 12.3. The number of benzene rings is 1. The molecule has 1 amide bonds. The normalized spacial score (nSPS) is 11.6. The lowest BCUT2D eigenvalue weighted by molar-refractivity contribution is -0.113. The molecular weight excluding hydrogens is 414 g/mol. The third-order valence-electron chi connectivity index (χ3n) is 3.90. The number of nitrogens with zero attached hydrogens (tertiary/aromatic N) is 4. The second-order valence-electron chi connectivity index (χ2n) is 6.22. The monoisotopic (exact) mass is 433 g/mol. The minimum atomic E-state index is -3.59. The van der Waals surface area contributed by atoms with Gasteiger partial charge < -0.3 is 9.73 Å². The van der Waals surface area contributed by atoms with Crippen molar-refractivity contribution in [3.63, 3.8) is 0 Å². The van der Waals surface area contributed by atoms with Gasteiger partial charge in [0.15, 0.2) is 0 Å². The number of aromatic nitrogens is 3. The van der Waals surface area contributed by atoms with Crippen molar-refractivity contribution in [3.05, 3.63) is 48.3 Å². The van der Waals surface area contributed by atoms with Crippen molar-refractivity contribution < 1.29 is 17.6 Å². The molecule has 11 heteroatoms. The van der Waals surface area contributed by atoms with Crippen LogP contribution in [-0.4, -0.2) is 53.7 Å². The molecule has 0 aliphatic heterocycles. The zero-order valence-corrected chi connectivity index (χ0v) is 17.6. The average molecular weight is 434 g/mol. The fourth-order valence-electron chi connectivity index (χ4n) is 2.29. The van der Waals surface area contributed by atoms with Crippen molar-refractivity contribution in [2.45, 2.75) is 17.0 Å². The number of aryl methyl sites for hydroxylation is 1. The summed E-state index contributed by atoms with van der Waals surface area (Å²) >= 11 is 1.08. The Hall–Kier alpha value is -2.76. The standard InChI is InChI=1S/C18H19N5O4S2/c1-12-6-7-14(29(25,26)23(2)3)9-15(12)20-16(24)11-28-18-22-21-17(27-18)13-5-4-8-19-10-13/h4-10H,11H2,1-3H3,(H,20,24). The van der Waals surface area contributed by atoms with Crippen LogP contribution in [0.15, 0.2) is 57.3 Å². The smallest absolute Gasteiger partial charge is 0.277 e. The molecule has 0 aliphatic rings. The minimum Gasteiger partial charge on any atom is -0.411 e. The maximum Gasteiger partial charge on any atom is 0.277 e. The van der Waals surface area contributed by atoms with Gasteiger partial charge in [0.05, 0.1) is 16.2 Å². The second kappa shape index (κ2) is 8.72. The van der Waals surface area contributed by atoms with E-state index in [1.165, 1.54) is 26.2 Å². The van der Waals surface area contributed by atoms with Crippen LogP contribution in [0, 0.1) is 6.92 Å². The zero-order valence-electron chi connectivity index (χ0n) is 16.0. The Balaban J connectivity index is 1.65. The number of nitrogens with one attached hydrogen (secondary N) is 1. The Morgan fingerprint density at radius 1 is 1.24 bits per heavy atom. The summed E-state index contributed by atoms with van der Waals surface area (Å²) in [6.07, 6.45) is 3.24. The van der Waals surface area contributed by atoms with Gasteiger partial charge in [-0.3, -0.25) is 9.78 Å². The SMILES string of the molecule is Cc1ccc(S(=O)(=O)N(C)C)cc1NC(=O)CSc1nnc(-c2cccnc2)o1. The van der Waals surface area contributed by atoms with Crippen LogP contribution < -0.4 is 5.32 Å². The van der Waals surface area contributed by atoms with E-state index in [2.05, 4.69) is 20.5 Å². The largest absolute Gasteiger partial charge is 0.411 e. The number of rotatable bonds is 7. The van der Waals surface area contributed by atoms with Gasteiger partial charge in [0.25, 0.3) is 5.22 Å². The molecule has 0 bridgehead atoms. The molecule has 29 heavy (non-hydrogen) atoms. The number of anilines is 1. The molecule has 0 saturated heterocycles. The Morgan fingerprint density at radius 2 is 2.03 bits per heavy atom. The summed E-state index contributed by atoms with van der Waals surface area (Å²) in [5, 5.41) is 10.8. The van der Waals surface area contributed by atoms with Crippen LogP contribution in [0.4, 0.5) is 5.69 Å². The Morgan fingerprint density at radius 3 is 2.72 bits per heavy atom. The van der Waals surface area contributed by atoms with Gasteiger partial charge in [-0.1, -0.05) is 17.8 Å². The van der Waals surface area contributed by atoms with E-state index in [1.54, 1.807) is 37.5 Å². The topological polar surface area (TPSA) is 118 Å². The molecule has 2 aromatic heterocycles. The number of thioether (sulfide) groups is 1. The third kappa shape index (κ3) is 5.00. The van der Waals surface area contributed by atoms with Gasteiger partial charge in [-0.2, -0.15) is 0 Å². The van der Waals surface area contributed by atoms with E-state index in [0.717, 1.165) is 21.6 Å². The molecule has 0 aliphatic carbocycles. The van der Waals surface area contributed by atoms with E-state index < -0.39 is 10.0 Å². The fraction of sp³-hybridized carbons (Fsp3) is 0.222. The van der Waals surface area contributed by atoms with E-state index in [4.69, 9.17) is 4.42 Å². The van der Waals surface area contributed by atoms with Crippen LogP contribution in [0.3, 0.4) is 0 Å². The van der Waals surface area contributed by atoms with Crippen molar-refractivity contribution in [2.24, 2.45) is 0 Å². The molecule has 1 N–H and O–H groups in total. The molecule has 0 saturated carbocycles. The predicted octanol–water partition coefficient (Wildman–Crippen LogP) is 2.42. The average Bonchev–Trinajstić information content (AvgIpc) is 3.17. The number of sulfonamides is 1. The van der Waals surface area contributed by atoms with Crippen LogP contribution in [-0.2, 0) is 14.8 Å². The molecule has 3 aromatic rings. The first kappa shape index (κ1) is 21.0. The lowest BCUT2D eigenvalue weighted by Crippen LogP contribution is -2.22. The van der Waals surface area contributed by atoms with Crippen LogP contribution in [0.2, 0.25) is 0 Å². The summed E-state index contributed by atoms with van der Waals surface area (Å²) in [4.78, 5) is 16.4. The first-order valence-corrected chi connectivity index (χ1v) is 10.9. The summed E-state index contributed by atoms with van der Waals surface area (Å²) in [6, 6.07) is 8.15. The number of carbonyl (C=O) groups excluding carboxylic acids is 1. The summed E-state index contributed by atoms with van der Waals surface area (Å²) in [6.45, 7) is 1.78. The molecule has 0 spiro atoms. The Kier molecular flexibility index (Phi) is 6.30. The van der Waals surface area contributed by atoms with Gasteiger partial charge in [-0.05, 0) is 36.8 Å². The van der Waals surface area contributed by atoms with E-state index in [-0.39, 0.29) is 21.8 Å². The molecule has 152 valence electrons. The molecular formula is C18H19N5O4S2. The first-order valence-electron chi connectivity index (χ1n) is 8.47. The number of amides is 1. The highest BCUT2D eigenvalue weighted by atomic mass is 32.2. The Bertz CT molecular complexity index is 1110. The highest BCUT2D eigenvalue weighted by molar-refractivity contribution is 7.99. The van der Waals surface area contributed by atoms with Gasteiger partial charge in [0.2, 0.25) is 21.8 Å². The second-order valence-corrected chi connectivity index (χ2v) is 9.29. The van der Waals surface area contributed by atoms with E-state index in [0.29, 0.717) is 17.1 Å². The molecule has 0 fully saturated rings. The summed E-state index contributed by atoms with van der Waals surface area (Å²) < 4.78 is 31.2. The molecule has 0 radical (unpaired) electrons. The van der Waals surface area contributed by atoms with Gasteiger partial charge in [-0.15, -0.1) is 10.2 Å². The first-order chi connectivity index (χ1) is 13.8. The van der Waals surface area contributed by atoms with Gasteiger partial charge in [-0.25, -0.2) is 12.7 Å². The minimum absolute atomic E-state index is 0.0266. The maximum absolute atomic E-state index is 12.3. The lowest BCUT2D eigenvalue weighted by Gasteiger charge is -2.14. The highest BCUT2D eigenvalue weighted by Gasteiger charge is 2.19. The van der Waals surface area contributed by atoms with Gasteiger partial charge in [0, 0.05) is 32.2 Å². The highest BCUT2D eigenvalue weighted by Crippen LogP contribution is 2.24. The van der Waals surface area contributed by atoms with Gasteiger partial charge in [0.1, 0.15) is 0 Å². The number of hydrogen-bond acceptors (Lipinski definition) is 8. The lowest BCUT2D eigenvalue weighted by atomic mass is 10.2. The quantitative estimate of drug-likeness (QED) is 0.564. The van der Waals surface area contributed by atoms with Crippen LogP contribution in [0.5, 0.6) is 0 Å². The van der Waals surface area contributed by atoms with E-state index >= 15 is 0 Å². The third-order valence-corrected chi connectivity index (χ3v) is 6.53. The number of carbonyl (C=O) groups is 1. The molecule has 9 nitrogen and oxygen atoms in total. The van der Waals surface area contributed by atoms with Crippen LogP contribution in [0.25, 0.3) is 11.5 Å². The molecule has 0 atom stereocenters. The zero-order chi connectivity index (χ0) is 21.0. The molecule has 0 unspecified atom stereocenters. The van der Waals surface area contributed by atoms with E-state index in [9.17, 15) is 13.2 Å². The molecule has 1 aromatic carbocycles. The van der Waals surface area contributed by atoms with Crippen molar-refractivity contribution in [2.75, 3.05) is 25.2 Å². The van der Waals surface area contributed by atoms with Crippen LogP contribution in [0.1, 0.15) is 5.56 Å². The summed E-state index contributed by atoms with van der Waals surface area (Å²) in [7, 11) is -0.687. The molecule has 2 heterocycles. The van der Waals surface area contributed by atoms with Crippen molar-refractivity contribution in [1.29, 1.82) is 0 Å². The number of pyridine rings is 1.